The van der Waals surface area contributed by atoms with Gasteiger partial charge in [0, 0.05) is 56.7 Å². The molecular weight excluding hydrogens is 547 g/mol. The highest BCUT2D eigenvalue weighted by molar-refractivity contribution is 7.99. The molecule has 1 N–H and O–H groups in total. The van der Waals surface area contributed by atoms with E-state index in [1.165, 1.54) is 0 Å². The van der Waals surface area contributed by atoms with Crippen LogP contribution >= 0.6 is 46.6 Å². The first-order valence-electron chi connectivity index (χ1n) is 12.2. The van der Waals surface area contributed by atoms with Crippen LogP contribution in [-0.2, 0) is 22.6 Å². The van der Waals surface area contributed by atoms with Crippen molar-refractivity contribution in [2.24, 2.45) is 0 Å². The van der Waals surface area contributed by atoms with E-state index in [2.05, 4.69) is 5.32 Å². The summed E-state index contributed by atoms with van der Waals surface area (Å²) in [6.07, 6.45) is 1.41. The Balaban J connectivity index is 1.90. The molecule has 0 bridgehead atoms. The van der Waals surface area contributed by atoms with Crippen LogP contribution in [0.4, 0.5) is 0 Å². The maximum atomic E-state index is 13.7. The van der Waals surface area contributed by atoms with Crippen LogP contribution in [0.15, 0.2) is 77.7 Å². The second-order valence-corrected chi connectivity index (χ2v) is 11.2. The zero-order chi connectivity index (χ0) is 26.8. The van der Waals surface area contributed by atoms with Gasteiger partial charge in [-0.3, -0.25) is 9.59 Å². The number of hydrogen-bond acceptors (Lipinski definition) is 3. The SMILES string of the molecule is CC[C@H](C)NC(=O)[C@@H](Cc1ccccc1)N(Cc1c(Cl)cccc1Cl)C(=O)CCSc1ccc(Cl)cc1. The molecule has 0 aliphatic rings. The van der Waals surface area contributed by atoms with Crippen molar-refractivity contribution in [3.63, 3.8) is 0 Å². The van der Waals surface area contributed by atoms with E-state index >= 15 is 0 Å². The molecule has 2 amide bonds. The number of nitrogens with zero attached hydrogens (tertiary/aromatic N) is 1. The smallest absolute Gasteiger partial charge is 0.243 e. The van der Waals surface area contributed by atoms with Gasteiger partial charge in [-0.05, 0) is 55.3 Å². The van der Waals surface area contributed by atoms with Gasteiger partial charge in [0.25, 0.3) is 0 Å². The molecule has 3 rings (SSSR count). The first-order chi connectivity index (χ1) is 17.8. The Labute approximate surface area is 238 Å². The van der Waals surface area contributed by atoms with Gasteiger partial charge in [0.1, 0.15) is 6.04 Å². The van der Waals surface area contributed by atoms with E-state index in [0.29, 0.717) is 32.8 Å². The number of rotatable bonds is 12. The minimum absolute atomic E-state index is 0.0212. The Morgan fingerprint density at radius 3 is 2.19 bits per heavy atom. The highest BCUT2D eigenvalue weighted by Crippen LogP contribution is 2.28. The number of amides is 2. The molecule has 0 spiro atoms. The van der Waals surface area contributed by atoms with Crippen molar-refractivity contribution in [2.45, 2.75) is 56.6 Å². The lowest BCUT2D eigenvalue weighted by atomic mass is 10.0. The predicted octanol–water partition coefficient (Wildman–Crippen LogP) is 7.68. The monoisotopic (exact) mass is 576 g/mol. The summed E-state index contributed by atoms with van der Waals surface area (Å²) in [4.78, 5) is 29.9. The summed E-state index contributed by atoms with van der Waals surface area (Å²) in [5.74, 6) is 0.218. The third-order valence-corrected chi connectivity index (χ3v) is 8.03. The van der Waals surface area contributed by atoms with Crippen LogP contribution in [0.25, 0.3) is 0 Å². The van der Waals surface area contributed by atoms with Gasteiger partial charge in [0.05, 0.1) is 0 Å². The van der Waals surface area contributed by atoms with Crippen molar-refractivity contribution in [1.29, 1.82) is 0 Å². The van der Waals surface area contributed by atoms with E-state index < -0.39 is 6.04 Å². The fourth-order valence-electron chi connectivity index (χ4n) is 3.78. The topological polar surface area (TPSA) is 49.4 Å². The third-order valence-electron chi connectivity index (χ3n) is 6.06. The molecule has 0 heterocycles. The lowest BCUT2D eigenvalue weighted by molar-refractivity contribution is -0.141. The van der Waals surface area contributed by atoms with Crippen molar-refractivity contribution in [3.05, 3.63) is 99.0 Å². The molecule has 196 valence electrons. The van der Waals surface area contributed by atoms with Crippen molar-refractivity contribution in [3.8, 4) is 0 Å². The van der Waals surface area contributed by atoms with Gasteiger partial charge < -0.3 is 10.2 Å². The van der Waals surface area contributed by atoms with E-state index in [1.807, 2.05) is 68.4 Å². The molecule has 0 saturated carbocycles. The molecule has 0 fully saturated rings. The van der Waals surface area contributed by atoms with E-state index in [4.69, 9.17) is 34.8 Å². The van der Waals surface area contributed by atoms with Crippen LogP contribution < -0.4 is 5.32 Å². The molecule has 0 aromatic heterocycles. The van der Waals surface area contributed by atoms with Crippen LogP contribution in [0.3, 0.4) is 0 Å². The van der Waals surface area contributed by atoms with Crippen molar-refractivity contribution >= 4 is 58.4 Å². The summed E-state index contributed by atoms with van der Waals surface area (Å²) in [6, 6.07) is 21.7. The molecule has 4 nitrogen and oxygen atoms in total. The number of benzene rings is 3. The summed E-state index contributed by atoms with van der Waals surface area (Å²) in [5, 5.41) is 4.66. The van der Waals surface area contributed by atoms with Crippen molar-refractivity contribution < 1.29 is 9.59 Å². The molecule has 0 aliphatic carbocycles. The van der Waals surface area contributed by atoms with Gasteiger partial charge in [0.2, 0.25) is 11.8 Å². The maximum absolute atomic E-state index is 13.7. The van der Waals surface area contributed by atoms with Crippen LogP contribution in [-0.4, -0.2) is 34.6 Å². The maximum Gasteiger partial charge on any atom is 0.243 e. The molecule has 3 aromatic rings. The van der Waals surface area contributed by atoms with E-state index in [9.17, 15) is 9.59 Å². The summed E-state index contributed by atoms with van der Waals surface area (Å²) < 4.78 is 0. The van der Waals surface area contributed by atoms with Gasteiger partial charge in [-0.25, -0.2) is 0 Å². The molecular formula is C29H31Cl3N2O2S. The average molecular weight is 578 g/mol. The summed E-state index contributed by atoms with van der Waals surface area (Å²) in [7, 11) is 0. The standard InChI is InChI=1S/C29H31Cl3N2O2S/c1-3-20(2)33-29(36)27(18-21-8-5-4-6-9-21)34(19-24-25(31)10-7-11-26(24)32)28(35)16-17-37-23-14-12-22(30)13-15-23/h4-15,20,27H,3,16-19H2,1-2H3,(H,33,36)/t20-,27+/m0/s1. The van der Waals surface area contributed by atoms with Gasteiger partial charge in [-0.15, -0.1) is 11.8 Å². The number of nitrogens with one attached hydrogen (secondary N) is 1. The molecule has 0 unspecified atom stereocenters. The normalized spacial score (nSPS) is 12.6. The second-order valence-electron chi connectivity index (χ2n) is 8.80. The Morgan fingerprint density at radius 1 is 0.919 bits per heavy atom. The van der Waals surface area contributed by atoms with Crippen LogP contribution in [0.2, 0.25) is 15.1 Å². The summed E-state index contributed by atoms with van der Waals surface area (Å²) in [6.45, 7) is 4.10. The molecule has 0 aliphatic heterocycles. The molecule has 8 heteroatoms. The van der Waals surface area contributed by atoms with Gasteiger partial charge >= 0.3 is 0 Å². The lowest BCUT2D eigenvalue weighted by Gasteiger charge is -2.33. The minimum atomic E-state index is -0.725. The van der Waals surface area contributed by atoms with Crippen molar-refractivity contribution in [1.82, 2.24) is 10.2 Å². The molecule has 2 atom stereocenters. The Kier molecular flexibility index (Phi) is 11.7. The Morgan fingerprint density at radius 2 is 1.57 bits per heavy atom. The quantitative estimate of drug-likeness (QED) is 0.225. The van der Waals surface area contributed by atoms with Gasteiger partial charge in [-0.2, -0.15) is 0 Å². The zero-order valence-electron chi connectivity index (χ0n) is 20.9. The summed E-state index contributed by atoms with van der Waals surface area (Å²) >= 11 is 20.5. The molecule has 0 saturated heterocycles. The lowest BCUT2D eigenvalue weighted by Crippen LogP contribution is -2.52. The first kappa shape index (κ1) is 29.4. The van der Waals surface area contributed by atoms with Crippen LogP contribution in [0, 0.1) is 0 Å². The second kappa shape index (κ2) is 14.7. The highest BCUT2D eigenvalue weighted by atomic mass is 35.5. The van der Waals surface area contributed by atoms with Gasteiger partial charge in [-0.1, -0.05) is 78.1 Å². The van der Waals surface area contributed by atoms with Crippen LogP contribution in [0.5, 0.6) is 0 Å². The van der Waals surface area contributed by atoms with Gasteiger partial charge in [0.15, 0.2) is 0 Å². The first-order valence-corrected chi connectivity index (χ1v) is 14.4. The number of thioether (sulfide) groups is 1. The fraction of sp³-hybridized carbons (Fsp3) is 0.310. The Hall–Kier alpha value is -2.18. The Bertz CT molecular complexity index is 1160. The van der Waals surface area contributed by atoms with Crippen LogP contribution in [0.1, 0.15) is 37.8 Å². The molecule has 0 radical (unpaired) electrons. The number of hydrogen-bond donors (Lipinski definition) is 1. The zero-order valence-corrected chi connectivity index (χ0v) is 24.0. The number of carbonyl (C=O) groups excluding carboxylic acids is 2. The highest BCUT2D eigenvalue weighted by Gasteiger charge is 2.31. The average Bonchev–Trinajstić information content (AvgIpc) is 2.89. The van der Waals surface area contributed by atoms with E-state index in [1.54, 1.807) is 34.9 Å². The number of carbonyl (C=O) groups is 2. The van der Waals surface area contributed by atoms with E-state index in [0.717, 1.165) is 16.9 Å². The fourth-order valence-corrected chi connectivity index (χ4v) is 5.26. The largest absolute Gasteiger partial charge is 0.352 e. The third kappa shape index (κ3) is 8.96. The van der Waals surface area contributed by atoms with E-state index in [-0.39, 0.29) is 30.8 Å². The molecule has 3 aromatic carbocycles. The molecule has 37 heavy (non-hydrogen) atoms. The summed E-state index contributed by atoms with van der Waals surface area (Å²) in [5.41, 5.74) is 1.59. The predicted molar refractivity (Wildman–Crippen MR) is 156 cm³/mol. The van der Waals surface area contributed by atoms with Crippen molar-refractivity contribution in [2.75, 3.05) is 5.75 Å². The minimum Gasteiger partial charge on any atom is -0.352 e. The number of halogens is 3.